The molecule has 3 heteroatoms. The molecule has 0 unspecified atom stereocenters. The third kappa shape index (κ3) is 2.80. The van der Waals surface area contributed by atoms with E-state index in [1.54, 1.807) is 0 Å². The first-order chi connectivity index (χ1) is 11.7. The van der Waals surface area contributed by atoms with Gasteiger partial charge in [0.2, 0.25) is 0 Å². The predicted octanol–water partition coefficient (Wildman–Crippen LogP) is 5.74. The van der Waals surface area contributed by atoms with Gasteiger partial charge >= 0.3 is 0 Å². The molecule has 0 spiro atoms. The van der Waals surface area contributed by atoms with Crippen LogP contribution >= 0.6 is 0 Å². The number of benzene rings is 2. The van der Waals surface area contributed by atoms with Crippen LogP contribution in [0, 0.1) is 26.4 Å². The molecule has 0 bridgehead atoms. The number of hydrogen-bond acceptors (Lipinski definition) is 3. The maximum absolute atomic E-state index is 6.14. The van der Waals surface area contributed by atoms with Crippen molar-refractivity contribution in [2.45, 2.75) is 40.0 Å². The van der Waals surface area contributed by atoms with Crippen molar-refractivity contribution in [1.29, 1.82) is 0 Å². The van der Waals surface area contributed by atoms with Crippen LogP contribution in [0.1, 0.15) is 37.3 Å². The summed E-state index contributed by atoms with van der Waals surface area (Å²) in [7, 11) is 0. The molecule has 1 aromatic heterocycles. The molecule has 0 fully saturated rings. The van der Waals surface area contributed by atoms with Crippen molar-refractivity contribution in [3.63, 3.8) is 0 Å². The van der Waals surface area contributed by atoms with Crippen LogP contribution in [0.5, 0.6) is 11.5 Å². The number of fused-ring (bicyclic) bond motifs is 3. The normalized spacial score (nSPS) is 10.9. The van der Waals surface area contributed by atoms with Gasteiger partial charge in [-0.3, -0.25) is 0 Å². The molecule has 0 aliphatic heterocycles. The molecule has 1 heterocycles. The Morgan fingerprint density at radius 2 is 1.58 bits per heavy atom. The third-order valence-electron chi connectivity index (χ3n) is 4.38. The monoisotopic (exact) mass is 322 g/mol. The van der Waals surface area contributed by atoms with Crippen molar-refractivity contribution in [1.82, 2.24) is 0 Å². The molecule has 3 aromatic rings. The number of unbranched alkanes of at least 4 members (excludes halogenated alkanes) is 2. The van der Waals surface area contributed by atoms with Gasteiger partial charge in [0.05, 0.1) is 6.61 Å². The molecule has 0 aliphatic rings. The summed E-state index contributed by atoms with van der Waals surface area (Å²) in [5.41, 5.74) is 3.61. The Morgan fingerprint density at radius 1 is 0.958 bits per heavy atom. The second-order valence-corrected chi connectivity index (χ2v) is 6.01. The van der Waals surface area contributed by atoms with E-state index in [1.165, 1.54) is 12.8 Å². The summed E-state index contributed by atoms with van der Waals surface area (Å²) in [6.07, 6.45) is 10.9. The molecule has 0 atom stereocenters. The molecule has 3 rings (SSSR count). The Hall–Kier alpha value is -2.60. The summed E-state index contributed by atoms with van der Waals surface area (Å²) in [6, 6.07) is 7.96. The van der Waals surface area contributed by atoms with E-state index in [9.17, 15) is 0 Å². The largest absolute Gasteiger partial charge is 0.493 e. The average Bonchev–Trinajstić information content (AvgIpc) is 2.96. The molecule has 3 nitrogen and oxygen atoms in total. The fourth-order valence-corrected chi connectivity index (χ4v) is 3.00. The summed E-state index contributed by atoms with van der Waals surface area (Å²) in [5.74, 6) is 1.54. The zero-order chi connectivity index (χ0) is 17.1. The van der Waals surface area contributed by atoms with Crippen LogP contribution < -0.4 is 9.47 Å². The maximum atomic E-state index is 6.14. The SMILES string of the molecule is C#COc1ccc2c(oc3c(C)c(OCCCCC)ccc32)c1C. The zero-order valence-corrected chi connectivity index (χ0v) is 14.4. The zero-order valence-electron chi connectivity index (χ0n) is 14.4. The van der Waals surface area contributed by atoms with Gasteiger partial charge in [0.15, 0.2) is 0 Å². The van der Waals surface area contributed by atoms with E-state index in [1.807, 2.05) is 32.0 Å². The minimum atomic E-state index is 0.651. The van der Waals surface area contributed by atoms with E-state index in [4.69, 9.17) is 20.3 Å². The Morgan fingerprint density at radius 3 is 2.21 bits per heavy atom. The van der Waals surface area contributed by atoms with E-state index in [0.717, 1.165) is 51.8 Å². The van der Waals surface area contributed by atoms with Crippen LogP contribution in [0.2, 0.25) is 0 Å². The highest BCUT2D eigenvalue weighted by Crippen LogP contribution is 2.38. The molecule has 2 aromatic carbocycles. The van der Waals surface area contributed by atoms with Gasteiger partial charge in [-0.05, 0) is 44.5 Å². The number of terminal acetylenes is 1. The fraction of sp³-hybridized carbons (Fsp3) is 0.333. The molecule has 0 amide bonds. The molecule has 0 saturated carbocycles. The minimum Gasteiger partial charge on any atom is -0.493 e. The second kappa shape index (κ2) is 6.88. The smallest absolute Gasteiger partial charge is 0.146 e. The van der Waals surface area contributed by atoms with Gasteiger partial charge in [-0.15, -0.1) is 0 Å². The number of hydrogen-bond donors (Lipinski definition) is 0. The van der Waals surface area contributed by atoms with Crippen molar-refractivity contribution in [3.8, 4) is 24.0 Å². The van der Waals surface area contributed by atoms with Crippen molar-refractivity contribution >= 4 is 21.9 Å². The van der Waals surface area contributed by atoms with E-state index in [-0.39, 0.29) is 0 Å². The van der Waals surface area contributed by atoms with Gasteiger partial charge in [0.25, 0.3) is 0 Å². The molecule has 0 N–H and O–H groups in total. The number of rotatable bonds is 6. The summed E-state index contributed by atoms with van der Waals surface area (Å²) in [5, 5.41) is 2.14. The number of furan rings is 1. The number of aryl methyl sites for hydroxylation is 2. The summed E-state index contributed by atoms with van der Waals surface area (Å²) in [6.45, 7) is 6.91. The van der Waals surface area contributed by atoms with E-state index >= 15 is 0 Å². The Balaban J connectivity index is 2.03. The van der Waals surface area contributed by atoms with Crippen LogP contribution in [-0.2, 0) is 0 Å². The fourth-order valence-electron chi connectivity index (χ4n) is 3.00. The van der Waals surface area contributed by atoms with E-state index in [0.29, 0.717) is 5.75 Å². The lowest BCUT2D eigenvalue weighted by Gasteiger charge is -2.08. The first-order valence-electron chi connectivity index (χ1n) is 8.38. The summed E-state index contributed by atoms with van der Waals surface area (Å²) >= 11 is 0. The molecule has 0 saturated heterocycles. The van der Waals surface area contributed by atoms with Crippen molar-refractivity contribution < 1.29 is 13.9 Å². The molecular weight excluding hydrogens is 300 g/mol. The highest BCUT2D eigenvalue weighted by Gasteiger charge is 2.16. The van der Waals surface area contributed by atoms with Crippen LogP contribution in [-0.4, -0.2) is 6.61 Å². The Kier molecular flexibility index (Phi) is 4.66. The van der Waals surface area contributed by atoms with Crippen LogP contribution in [0.4, 0.5) is 0 Å². The van der Waals surface area contributed by atoms with Gasteiger partial charge in [-0.25, -0.2) is 0 Å². The Labute approximate surface area is 142 Å². The first-order valence-corrected chi connectivity index (χ1v) is 8.38. The lowest BCUT2D eigenvalue weighted by molar-refractivity contribution is 0.304. The first kappa shape index (κ1) is 16.3. The highest BCUT2D eigenvalue weighted by molar-refractivity contribution is 6.07. The average molecular weight is 322 g/mol. The lowest BCUT2D eigenvalue weighted by atomic mass is 10.1. The molecule has 0 radical (unpaired) electrons. The van der Waals surface area contributed by atoms with Crippen molar-refractivity contribution in [2.24, 2.45) is 0 Å². The molecule has 124 valence electrons. The maximum Gasteiger partial charge on any atom is 0.146 e. The number of ether oxygens (including phenoxy) is 2. The van der Waals surface area contributed by atoms with Gasteiger partial charge < -0.3 is 13.9 Å². The van der Waals surface area contributed by atoms with Crippen LogP contribution in [0.3, 0.4) is 0 Å². The second-order valence-electron chi connectivity index (χ2n) is 6.01. The highest BCUT2D eigenvalue weighted by atomic mass is 16.5. The van der Waals surface area contributed by atoms with Gasteiger partial charge in [-0.2, -0.15) is 0 Å². The van der Waals surface area contributed by atoms with Crippen LogP contribution in [0.25, 0.3) is 21.9 Å². The minimum absolute atomic E-state index is 0.651. The van der Waals surface area contributed by atoms with Crippen molar-refractivity contribution in [3.05, 3.63) is 35.4 Å². The topological polar surface area (TPSA) is 31.6 Å². The van der Waals surface area contributed by atoms with Gasteiger partial charge in [-0.1, -0.05) is 26.2 Å². The predicted molar refractivity (Wildman–Crippen MR) is 97.7 cm³/mol. The quantitative estimate of drug-likeness (QED) is 0.428. The van der Waals surface area contributed by atoms with Crippen molar-refractivity contribution in [2.75, 3.05) is 6.61 Å². The molecule has 24 heavy (non-hydrogen) atoms. The van der Waals surface area contributed by atoms with Gasteiger partial charge in [0.1, 0.15) is 28.8 Å². The third-order valence-corrected chi connectivity index (χ3v) is 4.38. The molecule has 0 aliphatic carbocycles. The Bertz CT molecular complexity index is 912. The lowest BCUT2D eigenvalue weighted by Crippen LogP contribution is -1.98. The van der Waals surface area contributed by atoms with E-state index < -0.39 is 0 Å². The standard InChI is InChI=1S/C21H22O3/c1-5-7-8-13-23-19-12-10-17-16-9-11-18(22-6-2)14(3)20(16)24-21(17)15(19)4/h2,9-12H,5,7-8,13H2,1,3-4H3. The summed E-state index contributed by atoms with van der Waals surface area (Å²) in [4.78, 5) is 0. The van der Waals surface area contributed by atoms with Gasteiger partial charge in [0, 0.05) is 21.9 Å². The molecular formula is C21H22O3. The van der Waals surface area contributed by atoms with Crippen LogP contribution in [0.15, 0.2) is 28.7 Å². The summed E-state index contributed by atoms with van der Waals surface area (Å²) < 4.78 is 17.3. The van der Waals surface area contributed by atoms with E-state index in [2.05, 4.69) is 19.1 Å².